The smallest absolute Gasteiger partial charge is 0.306 e. The van der Waals surface area contributed by atoms with Crippen molar-refractivity contribution in [2.75, 3.05) is 46.0 Å². The minimum Gasteiger partial charge on any atom is -0.465 e. The van der Waals surface area contributed by atoms with Crippen LogP contribution in [0.4, 0.5) is 0 Å². The van der Waals surface area contributed by atoms with Gasteiger partial charge in [0.15, 0.2) is 0 Å². The molecule has 0 bridgehead atoms. The van der Waals surface area contributed by atoms with Crippen molar-refractivity contribution in [3.63, 3.8) is 0 Å². The van der Waals surface area contributed by atoms with E-state index in [0.29, 0.717) is 50.0 Å². The number of carbonyl (C=O) groups is 2. The molecule has 2 rings (SSSR count). The fraction of sp³-hybridized carbons (Fsp3) is 0.962. The van der Waals surface area contributed by atoms with Crippen LogP contribution in [0.1, 0.15) is 252 Å². The standard InChI is InChI=1S/C53H102N2O5/c1-5-9-13-17-19-23-31-47(29-21-15-11-7-3)43-52(57)59-45-49(46-60-53(58)44-48(30-22-16-12-8-4)32-24-20-18-14-10-6-2)33-25-26-38-54(50-34-27-35-50)39-40-55(41-42-56)51-36-28-37-51/h47-51,56H,5-46H2,1-4H3. The lowest BCUT2D eigenvalue weighted by Gasteiger charge is -2.42. The van der Waals surface area contributed by atoms with Crippen LogP contribution in [0.2, 0.25) is 0 Å². The van der Waals surface area contributed by atoms with Gasteiger partial charge in [-0.3, -0.25) is 19.4 Å². The highest BCUT2D eigenvalue weighted by molar-refractivity contribution is 5.70. The van der Waals surface area contributed by atoms with Crippen LogP contribution in [0, 0.1) is 17.8 Å². The van der Waals surface area contributed by atoms with Gasteiger partial charge in [-0.1, -0.05) is 175 Å². The highest BCUT2D eigenvalue weighted by Gasteiger charge is 2.28. The first kappa shape index (κ1) is 55.0. The average Bonchev–Trinajstić information content (AvgIpc) is 3.20. The predicted molar refractivity (Wildman–Crippen MR) is 254 cm³/mol. The van der Waals surface area contributed by atoms with E-state index in [9.17, 15) is 14.7 Å². The molecule has 2 fully saturated rings. The molecule has 0 radical (unpaired) electrons. The fourth-order valence-corrected chi connectivity index (χ4v) is 9.66. The Morgan fingerprint density at radius 2 is 0.783 bits per heavy atom. The lowest BCUT2D eigenvalue weighted by atomic mass is 9.90. The lowest BCUT2D eigenvalue weighted by Crippen LogP contribution is -2.49. The first-order chi connectivity index (χ1) is 29.4. The molecule has 2 atom stereocenters. The van der Waals surface area contributed by atoms with Crippen LogP contribution in [-0.4, -0.2) is 84.9 Å². The average molecular weight is 847 g/mol. The molecule has 0 aliphatic heterocycles. The highest BCUT2D eigenvalue weighted by atomic mass is 16.5. The van der Waals surface area contributed by atoms with E-state index in [4.69, 9.17) is 9.47 Å². The number of rotatable bonds is 44. The van der Waals surface area contributed by atoms with Crippen LogP contribution < -0.4 is 0 Å². The molecule has 0 aromatic carbocycles. The van der Waals surface area contributed by atoms with Gasteiger partial charge in [0.2, 0.25) is 0 Å². The highest BCUT2D eigenvalue weighted by Crippen LogP contribution is 2.28. The second kappa shape index (κ2) is 38.3. The second-order valence-corrected chi connectivity index (χ2v) is 19.6. The SMILES string of the molecule is CCCCCCCCC(CCCCCC)CC(=O)OCC(CCCCN(CCN(CCO)C1CCC1)C1CCC1)COC(=O)CC(CCCCCC)CCCCCCCC. The zero-order valence-corrected chi connectivity index (χ0v) is 40.6. The maximum absolute atomic E-state index is 13.5. The Hall–Kier alpha value is -1.18. The number of nitrogens with zero attached hydrogens (tertiary/aromatic N) is 2. The minimum atomic E-state index is -0.0565. The Morgan fingerprint density at radius 3 is 1.15 bits per heavy atom. The van der Waals surface area contributed by atoms with Crippen LogP contribution in [0.25, 0.3) is 0 Å². The molecule has 2 aliphatic rings. The van der Waals surface area contributed by atoms with Crippen LogP contribution in [0.15, 0.2) is 0 Å². The Kier molecular flexibility index (Phi) is 35.1. The Morgan fingerprint density at radius 1 is 0.450 bits per heavy atom. The van der Waals surface area contributed by atoms with E-state index < -0.39 is 0 Å². The number of hydrogen-bond donors (Lipinski definition) is 1. The van der Waals surface area contributed by atoms with Crippen molar-refractivity contribution in [1.82, 2.24) is 9.80 Å². The third-order valence-electron chi connectivity index (χ3n) is 14.3. The van der Waals surface area contributed by atoms with E-state index in [2.05, 4.69) is 37.5 Å². The van der Waals surface area contributed by atoms with Crippen LogP contribution >= 0.6 is 0 Å². The molecule has 2 aliphatic carbocycles. The monoisotopic (exact) mass is 847 g/mol. The van der Waals surface area contributed by atoms with Gasteiger partial charge in [-0.25, -0.2) is 0 Å². The molecule has 0 spiro atoms. The largest absolute Gasteiger partial charge is 0.465 e. The van der Waals surface area contributed by atoms with E-state index in [1.165, 1.54) is 167 Å². The second-order valence-electron chi connectivity index (χ2n) is 19.6. The molecular formula is C53H102N2O5. The summed E-state index contributed by atoms with van der Waals surface area (Å²) in [6.45, 7) is 14.0. The molecule has 0 aromatic rings. The van der Waals surface area contributed by atoms with E-state index >= 15 is 0 Å². The molecule has 2 unspecified atom stereocenters. The van der Waals surface area contributed by atoms with Gasteiger partial charge in [0, 0.05) is 50.5 Å². The predicted octanol–water partition coefficient (Wildman–Crippen LogP) is 14.0. The first-order valence-corrected chi connectivity index (χ1v) is 26.8. The van der Waals surface area contributed by atoms with Crippen molar-refractivity contribution in [2.45, 2.75) is 265 Å². The third-order valence-corrected chi connectivity index (χ3v) is 14.3. The molecule has 354 valence electrons. The van der Waals surface area contributed by atoms with Crippen molar-refractivity contribution in [2.24, 2.45) is 17.8 Å². The van der Waals surface area contributed by atoms with Gasteiger partial charge in [0.25, 0.3) is 0 Å². The maximum atomic E-state index is 13.5. The Balaban J connectivity index is 1.99. The summed E-state index contributed by atoms with van der Waals surface area (Å²) >= 11 is 0. The minimum absolute atomic E-state index is 0.0388. The molecule has 1 N–H and O–H groups in total. The Bertz CT molecular complexity index is 936. The number of unbranched alkanes of at least 4 members (excludes halogenated alkanes) is 17. The summed E-state index contributed by atoms with van der Waals surface area (Å²) in [4.78, 5) is 32.2. The zero-order valence-electron chi connectivity index (χ0n) is 40.6. The number of aliphatic hydroxyl groups is 1. The van der Waals surface area contributed by atoms with Gasteiger partial charge >= 0.3 is 11.9 Å². The van der Waals surface area contributed by atoms with Crippen LogP contribution in [-0.2, 0) is 19.1 Å². The maximum Gasteiger partial charge on any atom is 0.306 e. The number of hydrogen-bond acceptors (Lipinski definition) is 7. The normalized spacial score (nSPS) is 16.2. The van der Waals surface area contributed by atoms with Gasteiger partial charge in [-0.2, -0.15) is 0 Å². The van der Waals surface area contributed by atoms with E-state index in [1.54, 1.807) is 0 Å². The molecule has 60 heavy (non-hydrogen) atoms. The molecule has 0 aromatic heterocycles. The van der Waals surface area contributed by atoms with Crippen molar-refractivity contribution in [1.29, 1.82) is 0 Å². The molecule has 0 saturated heterocycles. The van der Waals surface area contributed by atoms with Crippen LogP contribution in [0.3, 0.4) is 0 Å². The van der Waals surface area contributed by atoms with Gasteiger partial charge in [0.1, 0.15) is 0 Å². The summed E-state index contributed by atoms with van der Waals surface area (Å²) in [7, 11) is 0. The van der Waals surface area contributed by atoms with Gasteiger partial charge in [-0.15, -0.1) is 0 Å². The summed E-state index contributed by atoms with van der Waals surface area (Å²) < 4.78 is 12.2. The third kappa shape index (κ3) is 27.8. The van der Waals surface area contributed by atoms with E-state index in [1.807, 2.05) is 0 Å². The van der Waals surface area contributed by atoms with Crippen molar-refractivity contribution in [3.8, 4) is 0 Å². The summed E-state index contributed by atoms with van der Waals surface area (Å²) in [5.74, 6) is 0.746. The molecule has 2 saturated carbocycles. The van der Waals surface area contributed by atoms with Gasteiger partial charge < -0.3 is 14.6 Å². The zero-order chi connectivity index (χ0) is 43.3. The van der Waals surface area contributed by atoms with Gasteiger partial charge in [-0.05, 0) is 82.6 Å². The molecule has 7 heteroatoms. The number of aliphatic hydroxyl groups excluding tert-OH is 1. The van der Waals surface area contributed by atoms with Crippen molar-refractivity contribution >= 4 is 11.9 Å². The van der Waals surface area contributed by atoms with Gasteiger partial charge in [0.05, 0.1) is 19.8 Å². The Labute approximate surface area is 373 Å². The fourth-order valence-electron chi connectivity index (χ4n) is 9.66. The summed E-state index contributed by atoms with van der Waals surface area (Å²) in [6, 6.07) is 1.35. The lowest BCUT2D eigenvalue weighted by molar-refractivity contribution is -0.150. The molecule has 0 amide bonds. The first-order valence-electron chi connectivity index (χ1n) is 26.8. The number of carbonyl (C=O) groups excluding carboxylic acids is 2. The summed E-state index contributed by atoms with van der Waals surface area (Å²) in [6.07, 6.45) is 41.8. The molecular weight excluding hydrogens is 745 g/mol. The summed E-state index contributed by atoms with van der Waals surface area (Å²) in [5, 5.41) is 9.73. The molecule has 7 nitrogen and oxygen atoms in total. The van der Waals surface area contributed by atoms with E-state index in [-0.39, 0.29) is 24.5 Å². The quantitative estimate of drug-likeness (QED) is 0.0483. The number of esters is 2. The van der Waals surface area contributed by atoms with Crippen molar-refractivity contribution < 1.29 is 24.2 Å². The van der Waals surface area contributed by atoms with E-state index in [0.717, 1.165) is 71.1 Å². The number of ether oxygens (including phenoxy) is 2. The molecule has 0 heterocycles. The topological polar surface area (TPSA) is 79.3 Å². The summed E-state index contributed by atoms with van der Waals surface area (Å²) in [5.41, 5.74) is 0. The van der Waals surface area contributed by atoms with Crippen molar-refractivity contribution in [3.05, 3.63) is 0 Å². The van der Waals surface area contributed by atoms with Crippen LogP contribution in [0.5, 0.6) is 0 Å².